The van der Waals surface area contributed by atoms with Gasteiger partial charge in [0.15, 0.2) is 6.23 Å². The van der Waals surface area contributed by atoms with Crippen molar-refractivity contribution in [1.82, 2.24) is 15.1 Å². The molecule has 0 aromatic heterocycles. The van der Waals surface area contributed by atoms with Crippen LogP contribution in [-0.2, 0) is 21.3 Å². The number of hydrogen-bond donors (Lipinski definition) is 3. The van der Waals surface area contributed by atoms with Gasteiger partial charge in [-0.25, -0.2) is 23.1 Å². The predicted octanol–water partition coefficient (Wildman–Crippen LogP) is 5.54. The maximum Gasteiger partial charge on any atom is 0.415 e. The van der Waals surface area contributed by atoms with E-state index in [1.807, 2.05) is 38.7 Å². The van der Waals surface area contributed by atoms with Gasteiger partial charge in [-0.15, -0.1) is 0 Å². The number of amidine groups is 1. The molecule has 0 aliphatic carbocycles. The summed E-state index contributed by atoms with van der Waals surface area (Å²) in [4.78, 5) is 29.3. The van der Waals surface area contributed by atoms with E-state index in [2.05, 4.69) is 5.32 Å². The second kappa shape index (κ2) is 15.5. The van der Waals surface area contributed by atoms with E-state index in [-0.39, 0.29) is 29.1 Å². The maximum absolute atomic E-state index is 13.3. The number of amides is 2. The third-order valence-corrected chi connectivity index (χ3v) is 8.29. The Morgan fingerprint density at radius 3 is 2.23 bits per heavy atom. The van der Waals surface area contributed by atoms with Gasteiger partial charge in [-0.3, -0.25) is 15.6 Å². The molecule has 0 saturated carbocycles. The minimum Gasteiger partial charge on any atom is -0.430 e. The number of carbonyl (C=O) groups is 2. The first-order valence-corrected chi connectivity index (χ1v) is 16.0. The van der Waals surface area contributed by atoms with Crippen LogP contribution in [0.25, 0.3) is 11.1 Å². The van der Waals surface area contributed by atoms with Gasteiger partial charge in [0.2, 0.25) is 10.0 Å². The highest BCUT2D eigenvalue weighted by Crippen LogP contribution is 2.28. The quantitative estimate of drug-likeness (QED) is 0.136. The average molecular weight is 624 g/mol. The second-order valence-corrected chi connectivity index (χ2v) is 11.8. The molecular formula is C32H41N5O6S. The number of ether oxygens (including phenoxy) is 2. The van der Waals surface area contributed by atoms with Crippen molar-refractivity contribution in [3.63, 3.8) is 0 Å². The molecule has 4 N–H and O–H groups in total. The smallest absolute Gasteiger partial charge is 0.415 e. The molecule has 236 valence electrons. The van der Waals surface area contributed by atoms with E-state index < -0.39 is 28.4 Å². The molecule has 2 atom stereocenters. The number of carbonyl (C=O) groups excluding carboxylic acids is 2. The summed E-state index contributed by atoms with van der Waals surface area (Å²) in [6.07, 6.45) is -1.05. The van der Waals surface area contributed by atoms with Crippen molar-refractivity contribution in [1.29, 1.82) is 5.41 Å². The Bertz CT molecular complexity index is 1560. The largest absolute Gasteiger partial charge is 0.430 e. The highest BCUT2D eigenvalue weighted by Gasteiger charge is 2.23. The van der Waals surface area contributed by atoms with E-state index in [1.165, 1.54) is 6.07 Å². The fourth-order valence-electron chi connectivity index (χ4n) is 4.63. The van der Waals surface area contributed by atoms with Crippen molar-refractivity contribution < 1.29 is 27.5 Å². The Balaban J connectivity index is 1.71. The molecule has 0 spiro atoms. The van der Waals surface area contributed by atoms with Crippen LogP contribution in [0.1, 0.15) is 52.2 Å². The van der Waals surface area contributed by atoms with Gasteiger partial charge in [-0.05, 0) is 68.8 Å². The van der Waals surface area contributed by atoms with E-state index in [9.17, 15) is 18.0 Å². The summed E-state index contributed by atoms with van der Waals surface area (Å²) < 4.78 is 35.1. The first-order chi connectivity index (χ1) is 20.9. The summed E-state index contributed by atoms with van der Waals surface area (Å²) in [7, 11) is -3.92. The van der Waals surface area contributed by atoms with Crippen LogP contribution in [0.3, 0.4) is 0 Å². The topological polar surface area (TPSA) is 155 Å². The lowest BCUT2D eigenvalue weighted by atomic mass is 10.1. The van der Waals surface area contributed by atoms with Gasteiger partial charge in [0.1, 0.15) is 11.6 Å². The first-order valence-electron chi connectivity index (χ1n) is 14.5. The number of rotatable bonds is 12. The standard InChI is InChI=1S/C32H41N5O6S/c1-6-22(4)37(21-24-12-11-13-26(20-24)30(33)35-31(38)42-23(5)36(7-2)8-3)32(39)43-27-18-16-25(17-19-27)28-14-9-10-15-29(28)44(34,40)41/h9-20,22-23H,6-8,21H2,1-5H3,(H2,33,35,38)(H2,34,40,41). The van der Waals surface area contributed by atoms with Crippen LogP contribution in [0.2, 0.25) is 0 Å². The van der Waals surface area contributed by atoms with Gasteiger partial charge in [0.05, 0.1) is 4.90 Å². The average Bonchev–Trinajstić information content (AvgIpc) is 3.00. The summed E-state index contributed by atoms with van der Waals surface area (Å²) in [5.74, 6) is 0.169. The minimum absolute atomic E-state index is 0.00397. The zero-order valence-electron chi connectivity index (χ0n) is 25.7. The molecule has 3 rings (SSSR count). The highest BCUT2D eigenvalue weighted by atomic mass is 32.2. The molecule has 3 aromatic rings. The molecule has 11 nitrogen and oxygen atoms in total. The van der Waals surface area contributed by atoms with Gasteiger partial charge in [-0.1, -0.05) is 69.3 Å². The van der Waals surface area contributed by atoms with E-state index in [0.29, 0.717) is 23.1 Å². The fourth-order valence-corrected chi connectivity index (χ4v) is 5.39. The molecule has 0 aliphatic heterocycles. The van der Waals surface area contributed by atoms with Crippen molar-refractivity contribution in [2.45, 2.75) is 64.7 Å². The van der Waals surface area contributed by atoms with E-state index in [1.54, 1.807) is 72.5 Å². The van der Waals surface area contributed by atoms with Crippen LogP contribution in [-0.4, -0.2) is 61.6 Å². The molecule has 2 amide bonds. The number of benzene rings is 3. The molecule has 0 fully saturated rings. The van der Waals surface area contributed by atoms with Crippen LogP contribution in [0.15, 0.2) is 77.7 Å². The summed E-state index contributed by atoms with van der Waals surface area (Å²) in [5, 5.41) is 16.2. The number of hydrogen-bond acceptors (Lipinski definition) is 8. The molecule has 12 heteroatoms. The van der Waals surface area contributed by atoms with E-state index in [0.717, 1.165) is 18.7 Å². The zero-order valence-corrected chi connectivity index (χ0v) is 26.6. The van der Waals surface area contributed by atoms with Gasteiger partial charge in [0, 0.05) is 23.7 Å². The Labute approximate surface area is 259 Å². The van der Waals surface area contributed by atoms with Crippen molar-refractivity contribution in [2.75, 3.05) is 13.1 Å². The number of alkyl carbamates (subject to hydrolysis) is 1. The molecule has 0 saturated heterocycles. The molecule has 2 unspecified atom stereocenters. The molecule has 0 aliphatic rings. The SMILES string of the molecule is CCC(C)N(Cc1cccc(C(=N)NC(=O)OC(C)N(CC)CC)c1)C(=O)Oc1ccc(-c2ccccc2S(N)(=O)=O)cc1. The lowest BCUT2D eigenvalue weighted by Gasteiger charge is -2.28. The number of primary sulfonamides is 1. The Morgan fingerprint density at radius 2 is 1.61 bits per heavy atom. The number of nitrogens with one attached hydrogen (secondary N) is 2. The molecular weight excluding hydrogens is 582 g/mol. The van der Waals surface area contributed by atoms with Crippen LogP contribution in [0.5, 0.6) is 5.75 Å². The highest BCUT2D eigenvalue weighted by molar-refractivity contribution is 7.89. The number of sulfonamides is 1. The number of nitrogens with zero attached hydrogens (tertiary/aromatic N) is 2. The Kier molecular flexibility index (Phi) is 12.0. The third-order valence-electron chi connectivity index (χ3n) is 7.32. The van der Waals surface area contributed by atoms with Gasteiger partial charge in [-0.2, -0.15) is 0 Å². The molecule has 0 bridgehead atoms. The molecule has 0 heterocycles. The maximum atomic E-state index is 13.3. The Hall–Kier alpha value is -4.26. The van der Waals surface area contributed by atoms with Crippen molar-refractivity contribution in [2.24, 2.45) is 5.14 Å². The lowest BCUT2D eigenvalue weighted by molar-refractivity contribution is 0.00679. The molecule has 3 aromatic carbocycles. The Morgan fingerprint density at radius 1 is 0.955 bits per heavy atom. The van der Waals surface area contributed by atoms with Crippen LogP contribution in [0, 0.1) is 5.41 Å². The minimum atomic E-state index is -3.92. The molecule has 0 radical (unpaired) electrons. The number of nitrogens with two attached hydrogens (primary N) is 1. The van der Waals surface area contributed by atoms with Gasteiger partial charge < -0.3 is 14.4 Å². The van der Waals surface area contributed by atoms with Crippen LogP contribution < -0.4 is 15.2 Å². The molecule has 44 heavy (non-hydrogen) atoms. The summed E-state index contributed by atoms with van der Waals surface area (Å²) in [5.41, 5.74) is 2.25. The summed E-state index contributed by atoms with van der Waals surface area (Å²) >= 11 is 0. The predicted molar refractivity (Wildman–Crippen MR) is 170 cm³/mol. The van der Waals surface area contributed by atoms with Crippen molar-refractivity contribution in [3.05, 3.63) is 83.9 Å². The zero-order chi connectivity index (χ0) is 32.4. The summed E-state index contributed by atoms with van der Waals surface area (Å²) in [6, 6.07) is 19.8. The fraction of sp³-hybridized carbons (Fsp3) is 0.344. The van der Waals surface area contributed by atoms with Gasteiger partial charge in [0.25, 0.3) is 0 Å². The van der Waals surface area contributed by atoms with Crippen molar-refractivity contribution in [3.8, 4) is 16.9 Å². The van der Waals surface area contributed by atoms with E-state index >= 15 is 0 Å². The summed E-state index contributed by atoms with van der Waals surface area (Å²) in [6.45, 7) is 11.3. The van der Waals surface area contributed by atoms with Crippen LogP contribution in [0.4, 0.5) is 9.59 Å². The van der Waals surface area contributed by atoms with Gasteiger partial charge >= 0.3 is 12.2 Å². The lowest BCUT2D eigenvalue weighted by Crippen LogP contribution is -2.41. The van der Waals surface area contributed by atoms with E-state index in [4.69, 9.17) is 20.0 Å². The second-order valence-electron chi connectivity index (χ2n) is 10.2. The first kappa shape index (κ1) is 34.2. The van der Waals surface area contributed by atoms with Crippen LogP contribution >= 0.6 is 0 Å². The van der Waals surface area contributed by atoms with Crippen molar-refractivity contribution >= 4 is 28.0 Å². The normalized spacial score (nSPS) is 12.7. The monoisotopic (exact) mass is 623 g/mol. The third kappa shape index (κ3) is 9.12.